The van der Waals surface area contributed by atoms with Gasteiger partial charge in [0.25, 0.3) is 0 Å². The molecule has 0 aromatic heterocycles. The number of hydrogen-bond acceptors (Lipinski definition) is 2. The van der Waals surface area contributed by atoms with E-state index in [1.807, 2.05) is 0 Å². The van der Waals surface area contributed by atoms with Crippen LogP contribution in [0.2, 0.25) is 0 Å². The Labute approximate surface area is 112 Å². The minimum Gasteiger partial charge on any atom is -0.396 e. The average molecular weight is 269 g/mol. The van der Waals surface area contributed by atoms with Crippen LogP contribution < -0.4 is 5.32 Å². The summed E-state index contributed by atoms with van der Waals surface area (Å²) in [4.78, 5) is 0. The molecule has 1 aliphatic rings. The molecule has 106 valence electrons. The van der Waals surface area contributed by atoms with E-state index in [1.165, 1.54) is 31.0 Å². The van der Waals surface area contributed by atoms with Crippen molar-refractivity contribution in [2.45, 2.75) is 32.2 Å². The van der Waals surface area contributed by atoms with Crippen LogP contribution in [0.3, 0.4) is 0 Å². The lowest BCUT2D eigenvalue weighted by Gasteiger charge is -2.30. The van der Waals surface area contributed by atoms with Crippen molar-refractivity contribution in [1.29, 1.82) is 0 Å². The predicted octanol–water partition coefficient (Wildman–Crippen LogP) is 2.85. The van der Waals surface area contributed by atoms with Crippen molar-refractivity contribution in [3.63, 3.8) is 0 Å². The van der Waals surface area contributed by atoms with Crippen molar-refractivity contribution < 1.29 is 13.9 Å². The van der Waals surface area contributed by atoms with Crippen LogP contribution in [0.5, 0.6) is 0 Å². The topological polar surface area (TPSA) is 32.3 Å². The molecular weight excluding hydrogens is 248 g/mol. The summed E-state index contributed by atoms with van der Waals surface area (Å²) in [5.41, 5.74) is 0.0962. The number of hydrogen-bond donors (Lipinski definition) is 2. The highest BCUT2D eigenvalue weighted by molar-refractivity contribution is 5.19. The summed E-state index contributed by atoms with van der Waals surface area (Å²) in [6.07, 6.45) is 4.48. The Morgan fingerprint density at radius 3 is 2.37 bits per heavy atom. The normalized spacial score (nSPS) is 23.5. The van der Waals surface area contributed by atoms with E-state index in [2.05, 4.69) is 5.32 Å². The number of aliphatic hydroxyl groups is 1. The lowest BCUT2D eigenvalue weighted by Crippen LogP contribution is -2.32. The first-order chi connectivity index (χ1) is 9.22. The lowest BCUT2D eigenvalue weighted by molar-refractivity contribution is 0.133. The largest absolute Gasteiger partial charge is 0.396 e. The van der Waals surface area contributed by atoms with E-state index in [4.69, 9.17) is 0 Å². The Bertz CT molecular complexity index is 391. The number of aliphatic hydroxyl groups excluding tert-OH is 1. The molecule has 0 saturated heterocycles. The van der Waals surface area contributed by atoms with Crippen LogP contribution in [0.4, 0.5) is 8.78 Å². The molecule has 19 heavy (non-hydrogen) atoms. The van der Waals surface area contributed by atoms with Gasteiger partial charge in [-0.2, -0.15) is 0 Å². The molecule has 0 spiro atoms. The second-order valence-corrected chi connectivity index (χ2v) is 5.32. The van der Waals surface area contributed by atoms with Gasteiger partial charge in [0.1, 0.15) is 11.6 Å². The van der Waals surface area contributed by atoms with Crippen LogP contribution in [-0.2, 0) is 6.54 Å². The van der Waals surface area contributed by atoms with E-state index in [0.717, 1.165) is 12.8 Å². The molecule has 1 fully saturated rings. The summed E-state index contributed by atoms with van der Waals surface area (Å²) in [5.74, 6) is -0.273. The Morgan fingerprint density at radius 2 is 1.74 bits per heavy atom. The summed E-state index contributed by atoms with van der Waals surface area (Å²) in [6.45, 7) is 1.12. The van der Waals surface area contributed by atoms with Gasteiger partial charge in [-0.15, -0.1) is 0 Å². The van der Waals surface area contributed by atoms with Gasteiger partial charge in [-0.1, -0.05) is 18.9 Å². The summed E-state index contributed by atoms with van der Waals surface area (Å²) in [6, 6.07) is 3.92. The van der Waals surface area contributed by atoms with Crippen molar-refractivity contribution in [2.75, 3.05) is 13.2 Å². The Hall–Kier alpha value is -1.00. The van der Waals surface area contributed by atoms with Crippen molar-refractivity contribution >= 4 is 0 Å². The number of rotatable bonds is 5. The van der Waals surface area contributed by atoms with Crippen LogP contribution >= 0.6 is 0 Å². The standard InChI is InChI=1S/C15H21F2NO/c16-14-6-3-7-15(17)13(14)9-18-8-11-4-1-2-5-12(11)10-19/h3,6-7,11-12,18-19H,1-2,4-5,8-10H2. The monoisotopic (exact) mass is 269 g/mol. The van der Waals surface area contributed by atoms with E-state index in [9.17, 15) is 13.9 Å². The fourth-order valence-corrected chi connectivity index (χ4v) is 2.88. The minimum atomic E-state index is -0.505. The third-order valence-corrected chi connectivity index (χ3v) is 4.07. The van der Waals surface area contributed by atoms with Gasteiger partial charge in [0.15, 0.2) is 0 Å². The maximum atomic E-state index is 13.4. The van der Waals surface area contributed by atoms with Gasteiger partial charge in [0.05, 0.1) is 0 Å². The maximum absolute atomic E-state index is 13.4. The zero-order chi connectivity index (χ0) is 13.7. The third-order valence-electron chi connectivity index (χ3n) is 4.07. The van der Waals surface area contributed by atoms with E-state index in [-0.39, 0.29) is 18.7 Å². The molecule has 0 bridgehead atoms. The smallest absolute Gasteiger partial charge is 0.130 e. The van der Waals surface area contributed by atoms with E-state index in [0.29, 0.717) is 18.4 Å². The molecule has 2 unspecified atom stereocenters. The third kappa shape index (κ3) is 3.74. The van der Waals surface area contributed by atoms with Gasteiger partial charge < -0.3 is 10.4 Å². The zero-order valence-electron chi connectivity index (χ0n) is 11.0. The van der Waals surface area contributed by atoms with Crippen molar-refractivity contribution in [1.82, 2.24) is 5.32 Å². The van der Waals surface area contributed by atoms with Crippen LogP contribution in [-0.4, -0.2) is 18.3 Å². The second-order valence-electron chi connectivity index (χ2n) is 5.32. The van der Waals surface area contributed by atoms with Gasteiger partial charge in [-0.25, -0.2) is 8.78 Å². The van der Waals surface area contributed by atoms with E-state index >= 15 is 0 Å². The number of benzene rings is 1. The Kier molecular flexibility index (Phi) is 5.28. The first-order valence-corrected chi connectivity index (χ1v) is 6.97. The molecule has 1 saturated carbocycles. The van der Waals surface area contributed by atoms with Crippen LogP contribution in [0.1, 0.15) is 31.2 Å². The quantitative estimate of drug-likeness (QED) is 0.861. The summed E-state index contributed by atoms with van der Waals surface area (Å²) in [5, 5.41) is 12.4. The molecule has 0 heterocycles. The van der Waals surface area contributed by atoms with Crippen LogP contribution in [0.15, 0.2) is 18.2 Å². The minimum absolute atomic E-state index is 0.0962. The lowest BCUT2D eigenvalue weighted by atomic mass is 9.79. The highest BCUT2D eigenvalue weighted by Crippen LogP contribution is 2.29. The first kappa shape index (κ1) is 14.4. The van der Waals surface area contributed by atoms with Crippen LogP contribution in [0, 0.1) is 23.5 Å². The van der Waals surface area contributed by atoms with Gasteiger partial charge >= 0.3 is 0 Å². The van der Waals surface area contributed by atoms with Crippen molar-refractivity contribution in [3.05, 3.63) is 35.4 Å². The number of nitrogens with one attached hydrogen (secondary N) is 1. The molecule has 1 aromatic carbocycles. The van der Waals surface area contributed by atoms with E-state index in [1.54, 1.807) is 0 Å². The van der Waals surface area contributed by atoms with Gasteiger partial charge in [-0.3, -0.25) is 0 Å². The molecule has 1 aliphatic carbocycles. The highest BCUT2D eigenvalue weighted by Gasteiger charge is 2.24. The Morgan fingerprint density at radius 1 is 1.11 bits per heavy atom. The van der Waals surface area contributed by atoms with Crippen molar-refractivity contribution in [3.8, 4) is 0 Å². The van der Waals surface area contributed by atoms with Gasteiger partial charge in [-0.05, 0) is 43.4 Å². The molecule has 2 rings (SSSR count). The van der Waals surface area contributed by atoms with E-state index < -0.39 is 11.6 Å². The first-order valence-electron chi connectivity index (χ1n) is 6.97. The molecule has 2 atom stereocenters. The number of halogens is 2. The molecule has 0 radical (unpaired) electrons. The van der Waals surface area contributed by atoms with Crippen LogP contribution in [0.25, 0.3) is 0 Å². The van der Waals surface area contributed by atoms with Gasteiger partial charge in [0.2, 0.25) is 0 Å². The molecule has 0 amide bonds. The zero-order valence-corrected chi connectivity index (χ0v) is 11.0. The maximum Gasteiger partial charge on any atom is 0.130 e. The highest BCUT2D eigenvalue weighted by atomic mass is 19.1. The van der Waals surface area contributed by atoms with Crippen molar-refractivity contribution in [2.24, 2.45) is 11.8 Å². The Balaban J connectivity index is 1.86. The predicted molar refractivity (Wildman–Crippen MR) is 70.6 cm³/mol. The summed E-state index contributed by atoms with van der Waals surface area (Å²) >= 11 is 0. The molecule has 2 nitrogen and oxygen atoms in total. The summed E-state index contributed by atoms with van der Waals surface area (Å²) < 4.78 is 26.9. The van der Waals surface area contributed by atoms with Gasteiger partial charge in [0, 0.05) is 18.7 Å². The second kappa shape index (κ2) is 6.96. The molecule has 1 aromatic rings. The fraction of sp³-hybridized carbons (Fsp3) is 0.600. The molecule has 2 N–H and O–H groups in total. The molecular formula is C15H21F2NO. The molecule has 4 heteroatoms. The average Bonchev–Trinajstić information content (AvgIpc) is 2.42. The SMILES string of the molecule is OCC1CCCCC1CNCc1c(F)cccc1F. The molecule has 0 aliphatic heterocycles. The summed E-state index contributed by atoms with van der Waals surface area (Å²) in [7, 11) is 0. The fourth-order valence-electron chi connectivity index (χ4n) is 2.88.